The molecule has 0 saturated carbocycles. The Bertz CT molecular complexity index is 483. The Labute approximate surface area is 118 Å². The van der Waals surface area contributed by atoms with E-state index in [4.69, 9.17) is 0 Å². The second-order valence-electron chi connectivity index (χ2n) is 5.47. The van der Waals surface area contributed by atoms with Crippen molar-refractivity contribution in [2.24, 2.45) is 5.92 Å². The zero-order valence-electron chi connectivity index (χ0n) is 12.0. The minimum Gasteiger partial charge on any atom is -0.311 e. The first kappa shape index (κ1) is 14.6. The van der Waals surface area contributed by atoms with E-state index in [0.29, 0.717) is 25.4 Å². The molecular weight excluding hydrogens is 258 g/mol. The van der Waals surface area contributed by atoms with E-state index < -0.39 is 0 Å². The zero-order valence-corrected chi connectivity index (χ0v) is 12.0. The molecular formula is C13H21N5O2. The molecule has 1 aliphatic heterocycles. The van der Waals surface area contributed by atoms with Gasteiger partial charge in [-0.25, -0.2) is 4.68 Å². The van der Waals surface area contributed by atoms with Crippen LogP contribution in [0.2, 0.25) is 0 Å². The Hall–Kier alpha value is -1.76. The van der Waals surface area contributed by atoms with Crippen molar-refractivity contribution in [2.45, 2.75) is 39.8 Å². The van der Waals surface area contributed by atoms with Crippen LogP contribution in [-0.4, -0.2) is 44.8 Å². The minimum atomic E-state index is -0.209. The van der Waals surface area contributed by atoms with Gasteiger partial charge in [-0.2, -0.15) is 0 Å². The van der Waals surface area contributed by atoms with Crippen LogP contribution in [0.15, 0.2) is 6.20 Å². The van der Waals surface area contributed by atoms with Crippen LogP contribution in [-0.2, 0) is 22.7 Å². The van der Waals surface area contributed by atoms with Crippen LogP contribution < -0.4 is 5.32 Å². The van der Waals surface area contributed by atoms with E-state index >= 15 is 0 Å². The molecule has 0 aromatic carbocycles. The molecule has 0 atom stereocenters. The summed E-state index contributed by atoms with van der Waals surface area (Å²) >= 11 is 0. The first-order valence-electron chi connectivity index (χ1n) is 6.99. The number of carbonyl (C=O) groups excluding carboxylic acids is 2. The van der Waals surface area contributed by atoms with E-state index in [2.05, 4.69) is 29.5 Å². The fourth-order valence-electron chi connectivity index (χ4n) is 2.12. The Morgan fingerprint density at radius 2 is 2.30 bits per heavy atom. The van der Waals surface area contributed by atoms with Crippen molar-refractivity contribution in [2.75, 3.05) is 13.1 Å². The summed E-state index contributed by atoms with van der Waals surface area (Å²) in [6, 6.07) is 0. The number of amides is 2. The molecule has 1 fully saturated rings. The van der Waals surface area contributed by atoms with Crippen LogP contribution in [0, 0.1) is 5.92 Å². The Balaban J connectivity index is 1.83. The van der Waals surface area contributed by atoms with Crippen LogP contribution in [0.4, 0.5) is 0 Å². The molecule has 2 heterocycles. The standard InChI is InChI=1S/C13H21N5O2/c1-10(2)6-14-7-11-8-17(16-15-11)9-13(20)18-5-3-4-12(18)19/h8,10,14H,3-7,9H2,1-2H3. The molecule has 1 aromatic rings. The van der Waals surface area contributed by atoms with Gasteiger partial charge in [0.15, 0.2) is 0 Å². The topological polar surface area (TPSA) is 80.1 Å². The summed E-state index contributed by atoms with van der Waals surface area (Å²) < 4.78 is 1.49. The first-order chi connectivity index (χ1) is 9.56. The number of hydrogen-bond donors (Lipinski definition) is 1. The van der Waals surface area contributed by atoms with Gasteiger partial charge in [0.25, 0.3) is 5.91 Å². The van der Waals surface area contributed by atoms with E-state index in [-0.39, 0.29) is 18.4 Å². The number of likely N-dealkylation sites (tertiary alicyclic amines) is 1. The quantitative estimate of drug-likeness (QED) is 0.803. The van der Waals surface area contributed by atoms with Crippen LogP contribution in [0.5, 0.6) is 0 Å². The normalized spacial score (nSPS) is 15.3. The molecule has 0 aliphatic carbocycles. The number of rotatable bonds is 6. The molecule has 1 aromatic heterocycles. The molecule has 1 saturated heterocycles. The minimum absolute atomic E-state index is 0.0723. The summed E-state index contributed by atoms with van der Waals surface area (Å²) in [5, 5.41) is 11.2. The van der Waals surface area contributed by atoms with Crippen LogP contribution >= 0.6 is 0 Å². The van der Waals surface area contributed by atoms with Crippen molar-refractivity contribution in [3.63, 3.8) is 0 Å². The predicted molar refractivity (Wildman–Crippen MR) is 72.5 cm³/mol. The third kappa shape index (κ3) is 3.86. The highest BCUT2D eigenvalue weighted by molar-refractivity contribution is 5.96. The maximum absolute atomic E-state index is 11.9. The summed E-state index contributed by atoms with van der Waals surface area (Å²) in [7, 11) is 0. The molecule has 7 nitrogen and oxygen atoms in total. The van der Waals surface area contributed by atoms with Gasteiger partial charge in [-0.3, -0.25) is 14.5 Å². The van der Waals surface area contributed by atoms with Crippen molar-refractivity contribution in [3.05, 3.63) is 11.9 Å². The Kier molecular flexibility index (Phi) is 4.84. The van der Waals surface area contributed by atoms with E-state index in [1.807, 2.05) is 0 Å². The number of carbonyl (C=O) groups is 2. The second kappa shape index (κ2) is 6.60. The van der Waals surface area contributed by atoms with Crippen LogP contribution in [0.25, 0.3) is 0 Å². The lowest BCUT2D eigenvalue weighted by molar-refractivity contribution is -0.142. The highest BCUT2D eigenvalue weighted by Crippen LogP contribution is 2.10. The van der Waals surface area contributed by atoms with Gasteiger partial charge in [-0.1, -0.05) is 19.1 Å². The fraction of sp³-hybridized carbons (Fsp3) is 0.692. The van der Waals surface area contributed by atoms with Gasteiger partial charge in [0.1, 0.15) is 6.54 Å². The maximum Gasteiger partial charge on any atom is 0.250 e. The van der Waals surface area contributed by atoms with Crippen molar-refractivity contribution in [1.82, 2.24) is 25.2 Å². The zero-order chi connectivity index (χ0) is 14.5. The van der Waals surface area contributed by atoms with Gasteiger partial charge in [0.2, 0.25) is 5.91 Å². The molecule has 7 heteroatoms. The number of nitrogens with one attached hydrogen (secondary N) is 1. The van der Waals surface area contributed by atoms with Gasteiger partial charge in [-0.05, 0) is 18.9 Å². The van der Waals surface area contributed by atoms with Gasteiger partial charge in [0.05, 0.1) is 11.9 Å². The van der Waals surface area contributed by atoms with Crippen LogP contribution in [0.3, 0.4) is 0 Å². The van der Waals surface area contributed by atoms with Gasteiger partial charge in [0, 0.05) is 19.5 Å². The van der Waals surface area contributed by atoms with Gasteiger partial charge >= 0.3 is 0 Å². The Morgan fingerprint density at radius 3 is 2.95 bits per heavy atom. The highest BCUT2D eigenvalue weighted by atomic mass is 16.2. The van der Waals surface area contributed by atoms with E-state index in [9.17, 15) is 9.59 Å². The average Bonchev–Trinajstić information content (AvgIpc) is 2.98. The maximum atomic E-state index is 11.9. The van der Waals surface area contributed by atoms with E-state index in [1.165, 1.54) is 9.58 Å². The summed E-state index contributed by atoms with van der Waals surface area (Å²) in [6.45, 7) is 6.41. The lowest BCUT2D eigenvalue weighted by Crippen LogP contribution is -2.34. The predicted octanol–water partition coefficient (Wildman–Crippen LogP) is 0.173. The summed E-state index contributed by atoms with van der Waals surface area (Å²) in [5.41, 5.74) is 0.797. The molecule has 20 heavy (non-hydrogen) atoms. The third-order valence-corrected chi connectivity index (χ3v) is 3.12. The molecule has 110 valence electrons. The smallest absolute Gasteiger partial charge is 0.250 e. The summed E-state index contributed by atoms with van der Waals surface area (Å²) in [5.74, 6) is 0.279. The molecule has 2 amide bonds. The monoisotopic (exact) mass is 279 g/mol. The van der Waals surface area contributed by atoms with E-state index in [0.717, 1.165) is 18.7 Å². The average molecular weight is 279 g/mol. The number of nitrogens with zero attached hydrogens (tertiary/aromatic N) is 4. The summed E-state index contributed by atoms with van der Waals surface area (Å²) in [6.07, 6.45) is 2.96. The molecule has 0 spiro atoms. The largest absolute Gasteiger partial charge is 0.311 e. The SMILES string of the molecule is CC(C)CNCc1cn(CC(=O)N2CCCC2=O)nn1. The number of hydrogen-bond acceptors (Lipinski definition) is 5. The number of aromatic nitrogens is 3. The summed E-state index contributed by atoms with van der Waals surface area (Å²) in [4.78, 5) is 24.7. The van der Waals surface area contributed by atoms with Crippen molar-refractivity contribution in [1.29, 1.82) is 0 Å². The first-order valence-corrected chi connectivity index (χ1v) is 6.99. The number of imide groups is 1. The van der Waals surface area contributed by atoms with Crippen molar-refractivity contribution < 1.29 is 9.59 Å². The molecule has 2 rings (SSSR count). The molecule has 0 unspecified atom stereocenters. The molecule has 1 aliphatic rings. The fourth-order valence-corrected chi connectivity index (χ4v) is 2.12. The molecule has 0 bridgehead atoms. The Morgan fingerprint density at radius 1 is 1.50 bits per heavy atom. The van der Waals surface area contributed by atoms with E-state index in [1.54, 1.807) is 6.20 Å². The second-order valence-corrected chi connectivity index (χ2v) is 5.47. The molecule has 1 N–H and O–H groups in total. The third-order valence-electron chi connectivity index (χ3n) is 3.12. The van der Waals surface area contributed by atoms with Crippen molar-refractivity contribution in [3.8, 4) is 0 Å². The van der Waals surface area contributed by atoms with Crippen LogP contribution in [0.1, 0.15) is 32.4 Å². The van der Waals surface area contributed by atoms with Crippen molar-refractivity contribution >= 4 is 11.8 Å². The lowest BCUT2D eigenvalue weighted by atomic mass is 10.2. The van der Waals surface area contributed by atoms with Gasteiger partial charge < -0.3 is 5.32 Å². The molecule has 0 radical (unpaired) electrons. The lowest BCUT2D eigenvalue weighted by Gasteiger charge is -2.12. The highest BCUT2D eigenvalue weighted by Gasteiger charge is 2.26. The van der Waals surface area contributed by atoms with Gasteiger partial charge in [-0.15, -0.1) is 5.10 Å².